The molecule has 0 heterocycles. The number of phosphoric ester groups is 1. The molecule has 0 fully saturated rings. The van der Waals surface area contributed by atoms with E-state index in [1.165, 1.54) is 14.2 Å². The van der Waals surface area contributed by atoms with Crippen molar-refractivity contribution in [3.63, 3.8) is 0 Å². The van der Waals surface area contributed by atoms with Crippen molar-refractivity contribution in [2.24, 2.45) is 0 Å². The van der Waals surface area contributed by atoms with Gasteiger partial charge in [0, 0.05) is 14.2 Å². The van der Waals surface area contributed by atoms with Crippen molar-refractivity contribution in [3.05, 3.63) is 0 Å². The minimum atomic E-state index is -3.55. The Morgan fingerprint density at radius 1 is 0.808 bits per heavy atom. The maximum Gasteiger partial charge on any atom is 0.474 e. The molecule has 0 spiro atoms. The van der Waals surface area contributed by atoms with E-state index in [4.69, 9.17) is 22.4 Å². The fourth-order valence-corrected chi connectivity index (χ4v) is 4.65. The molecule has 0 aliphatic rings. The molecular weight excluding hydrogens is 387 g/mol. The van der Waals surface area contributed by atoms with Gasteiger partial charge in [-0.1, -0.05) is 41.5 Å². The van der Waals surface area contributed by atoms with Crippen LogP contribution in [-0.4, -0.2) is 50.2 Å². The summed E-state index contributed by atoms with van der Waals surface area (Å²) in [5, 5.41) is 0.151. The average Bonchev–Trinajstić information content (AvgIpc) is 2.47. The molecule has 0 aromatic rings. The summed E-state index contributed by atoms with van der Waals surface area (Å²) < 4.78 is 40.2. The van der Waals surface area contributed by atoms with E-state index in [9.17, 15) is 4.57 Å². The normalized spacial score (nSPS) is 16.0. The van der Waals surface area contributed by atoms with Gasteiger partial charge in [0.15, 0.2) is 16.6 Å². The third kappa shape index (κ3) is 7.83. The molecule has 0 N–H and O–H groups in total. The summed E-state index contributed by atoms with van der Waals surface area (Å²) in [6.45, 7) is 22.4. The van der Waals surface area contributed by atoms with Crippen molar-refractivity contribution in [2.75, 3.05) is 27.4 Å². The molecule has 0 unspecified atom stereocenters. The van der Waals surface area contributed by atoms with E-state index in [1.807, 2.05) is 0 Å². The van der Waals surface area contributed by atoms with Gasteiger partial charge in [-0.2, -0.15) is 0 Å². The number of phosphoric acid groups is 1. The van der Waals surface area contributed by atoms with Crippen LogP contribution in [-0.2, 0) is 27.0 Å². The lowest BCUT2D eigenvalue weighted by Gasteiger charge is -2.41. The number of hydrogen-bond acceptors (Lipinski definition) is 6. The van der Waals surface area contributed by atoms with Crippen LogP contribution in [0.5, 0.6) is 0 Å². The minimum Gasteiger partial charge on any atom is -0.414 e. The topological polar surface area (TPSA) is 63.2 Å². The molecule has 26 heavy (non-hydrogen) atoms. The third-order valence-electron chi connectivity index (χ3n) is 5.57. The van der Waals surface area contributed by atoms with Crippen LogP contribution >= 0.6 is 7.82 Å². The minimum absolute atomic E-state index is 0.0500. The molecule has 0 aliphatic heterocycles. The van der Waals surface area contributed by atoms with E-state index < -0.39 is 24.5 Å². The van der Waals surface area contributed by atoms with Crippen molar-refractivity contribution in [1.82, 2.24) is 0 Å². The van der Waals surface area contributed by atoms with Crippen LogP contribution in [0.3, 0.4) is 0 Å². The molecule has 9 heteroatoms. The fraction of sp³-hybridized carbons (Fsp3) is 1.00. The molecule has 6 nitrogen and oxygen atoms in total. The Labute approximate surface area is 163 Å². The first-order valence-corrected chi connectivity index (χ1v) is 16.4. The van der Waals surface area contributed by atoms with Crippen LogP contribution in [0.1, 0.15) is 41.5 Å². The van der Waals surface area contributed by atoms with Crippen LogP contribution in [0.2, 0.25) is 36.3 Å². The highest BCUT2D eigenvalue weighted by atomic mass is 31.2. The van der Waals surface area contributed by atoms with Crippen molar-refractivity contribution in [3.8, 4) is 0 Å². The monoisotopic (exact) mass is 428 g/mol. The van der Waals surface area contributed by atoms with Crippen LogP contribution < -0.4 is 0 Å². The summed E-state index contributed by atoms with van der Waals surface area (Å²) in [5.74, 6) is 0. The summed E-state index contributed by atoms with van der Waals surface area (Å²) in [5.41, 5.74) is 0. The van der Waals surface area contributed by atoms with Crippen molar-refractivity contribution in [1.29, 1.82) is 0 Å². The zero-order valence-corrected chi connectivity index (χ0v) is 21.8. The Kier molecular flexibility index (Phi) is 9.47. The van der Waals surface area contributed by atoms with Crippen LogP contribution in [0, 0.1) is 0 Å². The summed E-state index contributed by atoms with van der Waals surface area (Å²) >= 11 is 0. The van der Waals surface area contributed by atoms with Gasteiger partial charge < -0.3 is 8.85 Å². The largest absolute Gasteiger partial charge is 0.474 e. The molecule has 0 radical (unpaired) electrons. The predicted molar refractivity (Wildman–Crippen MR) is 113 cm³/mol. The molecule has 0 aromatic heterocycles. The molecule has 0 rings (SSSR count). The van der Waals surface area contributed by atoms with Crippen LogP contribution in [0.25, 0.3) is 0 Å². The number of rotatable bonds is 10. The fourth-order valence-electron chi connectivity index (χ4n) is 1.58. The van der Waals surface area contributed by atoms with Gasteiger partial charge in [-0.15, -0.1) is 0 Å². The number of hydrogen-bond donors (Lipinski definition) is 0. The molecule has 0 saturated heterocycles. The van der Waals surface area contributed by atoms with E-state index in [-0.39, 0.29) is 22.8 Å². The second-order valence-electron chi connectivity index (χ2n) is 9.68. The molecule has 0 amide bonds. The Balaban J connectivity index is 5.27. The molecule has 0 saturated carbocycles. The first-order valence-electron chi connectivity index (χ1n) is 9.08. The van der Waals surface area contributed by atoms with Gasteiger partial charge in [0.05, 0.1) is 19.3 Å². The van der Waals surface area contributed by atoms with Gasteiger partial charge in [-0.25, -0.2) is 4.57 Å². The standard InChI is InChI=1S/C17H41O6PSi2/c1-16(2,3)25(9,10)22-14-15(13-21-24(18,19-7)20-8)23-26(11,12)17(4,5)6/h15H,13-14H2,1-12H3/t15-/m1/s1. The van der Waals surface area contributed by atoms with E-state index in [1.54, 1.807) is 0 Å². The highest BCUT2D eigenvalue weighted by molar-refractivity contribution is 7.48. The van der Waals surface area contributed by atoms with Gasteiger partial charge in [-0.05, 0) is 36.3 Å². The van der Waals surface area contributed by atoms with Gasteiger partial charge in [0.1, 0.15) is 0 Å². The van der Waals surface area contributed by atoms with Crippen molar-refractivity contribution < 1.29 is 27.0 Å². The van der Waals surface area contributed by atoms with Gasteiger partial charge in [0.2, 0.25) is 0 Å². The Hall–Kier alpha value is 0.464. The lowest BCUT2D eigenvalue weighted by atomic mass is 10.2. The van der Waals surface area contributed by atoms with Crippen LogP contribution in [0.15, 0.2) is 0 Å². The SMILES string of the molecule is COP(=O)(OC)OC[C@H](CO[Si](C)(C)C(C)(C)C)O[Si](C)(C)C(C)(C)C. The molecule has 0 aliphatic carbocycles. The maximum atomic E-state index is 12.2. The Bertz CT molecular complexity index is 475. The summed E-state index contributed by atoms with van der Waals surface area (Å²) in [4.78, 5) is 0. The molecule has 0 bridgehead atoms. The lowest BCUT2D eigenvalue weighted by Crippen LogP contribution is -2.49. The molecule has 0 aromatic carbocycles. The second-order valence-corrected chi connectivity index (χ2v) is 21.1. The third-order valence-corrected chi connectivity index (χ3v) is 16.0. The average molecular weight is 429 g/mol. The highest BCUT2D eigenvalue weighted by Crippen LogP contribution is 2.48. The van der Waals surface area contributed by atoms with Crippen molar-refractivity contribution in [2.45, 2.75) is 83.9 Å². The zero-order valence-electron chi connectivity index (χ0n) is 18.9. The maximum absolute atomic E-state index is 12.2. The van der Waals surface area contributed by atoms with E-state index >= 15 is 0 Å². The molecule has 1 atom stereocenters. The summed E-state index contributed by atoms with van der Waals surface area (Å²) in [6.07, 6.45) is -0.330. The Morgan fingerprint density at radius 2 is 1.23 bits per heavy atom. The molecule has 158 valence electrons. The first kappa shape index (κ1) is 26.5. The van der Waals surface area contributed by atoms with Gasteiger partial charge in [0.25, 0.3) is 0 Å². The summed E-state index contributed by atoms with van der Waals surface area (Å²) in [7, 11) is -4.91. The van der Waals surface area contributed by atoms with Gasteiger partial charge in [-0.3, -0.25) is 13.6 Å². The Morgan fingerprint density at radius 3 is 1.58 bits per heavy atom. The summed E-state index contributed by atoms with van der Waals surface area (Å²) in [6, 6.07) is 0. The molecular formula is C17H41O6PSi2. The highest BCUT2D eigenvalue weighted by Gasteiger charge is 2.42. The van der Waals surface area contributed by atoms with E-state index in [0.717, 1.165) is 0 Å². The second kappa shape index (κ2) is 9.31. The van der Waals surface area contributed by atoms with Crippen molar-refractivity contribution >= 4 is 24.5 Å². The quantitative estimate of drug-likeness (QED) is 0.323. The van der Waals surface area contributed by atoms with E-state index in [0.29, 0.717) is 6.61 Å². The first-order chi connectivity index (χ1) is 11.4. The van der Waals surface area contributed by atoms with Gasteiger partial charge >= 0.3 is 7.82 Å². The van der Waals surface area contributed by atoms with Crippen LogP contribution in [0.4, 0.5) is 0 Å². The lowest BCUT2D eigenvalue weighted by molar-refractivity contribution is 0.0462. The van der Waals surface area contributed by atoms with E-state index in [2.05, 4.69) is 67.7 Å². The smallest absolute Gasteiger partial charge is 0.414 e. The predicted octanol–water partition coefficient (Wildman–Crippen LogP) is 5.82. The zero-order chi connectivity index (χ0) is 21.0.